The van der Waals surface area contributed by atoms with Crippen LogP contribution in [-0.4, -0.2) is 52.6 Å². The lowest BCUT2D eigenvalue weighted by Crippen LogP contribution is -2.32. The van der Waals surface area contributed by atoms with Crippen LogP contribution in [0.3, 0.4) is 0 Å². The van der Waals surface area contributed by atoms with Crippen molar-refractivity contribution in [2.45, 2.75) is 51.2 Å². The number of hydrogen-bond acceptors (Lipinski definition) is 8. The first-order valence-corrected chi connectivity index (χ1v) is 14.1. The quantitative estimate of drug-likeness (QED) is 0.303. The molecule has 0 fully saturated rings. The molecule has 206 valence electrons. The maximum atomic E-state index is 13.7. The van der Waals surface area contributed by atoms with E-state index < -0.39 is 26.6 Å². The number of hydrogen-bond donors (Lipinski definition) is 1. The van der Waals surface area contributed by atoms with E-state index in [0.29, 0.717) is 28.8 Å². The molecule has 39 heavy (non-hydrogen) atoms. The number of nitrogens with one attached hydrogen (secondary N) is 1. The lowest BCUT2D eigenvalue weighted by molar-refractivity contribution is 0.389. The van der Waals surface area contributed by atoms with Crippen molar-refractivity contribution < 1.29 is 17.9 Å². The van der Waals surface area contributed by atoms with Gasteiger partial charge in [-0.1, -0.05) is 43.3 Å². The highest BCUT2D eigenvalue weighted by Crippen LogP contribution is 2.40. The normalized spacial score (nSPS) is 13.5. The number of ether oxygens (including phenoxy) is 2. The van der Waals surface area contributed by atoms with Gasteiger partial charge >= 0.3 is 0 Å². The molecule has 4 aromatic rings. The van der Waals surface area contributed by atoms with E-state index in [2.05, 4.69) is 24.9 Å². The molecule has 0 aliphatic rings. The predicted molar refractivity (Wildman–Crippen MR) is 150 cm³/mol. The van der Waals surface area contributed by atoms with E-state index in [4.69, 9.17) is 9.47 Å². The molecule has 2 aromatic heterocycles. The largest absolute Gasteiger partial charge is 0.494 e. The van der Waals surface area contributed by atoms with Gasteiger partial charge in [-0.25, -0.2) is 18.4 Å². The van der Waals surface area contributed by atoms with Crippen LogP contribution in [0.25, 0.3) is 5.69 Å². The van der Waals surface area contributed by atoms with Crippen LogP contribution in [0.1, 0.15) is 56.4 Å². The Hall–Kier alpha value is -3.99. The van der Waals surface area contributed by atoms with Gasteiger partial charge in [-0.2, -0.15) is 0 Å². The van der Waals surface area contributed by atoms with Crippen LogP contribution in [0.2, 0.25) is 0 Å². The molecule has 0 amide bonds. The van der Waals surface area contributed by atoms with Gasteiger partial charge in [0.2, 0.25) is 16.0 Å². The fourth-order valence-electron chi connectivity index (χ4n) is 4.34. The van der Waals surface area contributed by atoms with Crippen LogP contribution < -0.4 is 14.2 Å². The number of nitrogens with zero attached hydrogens (tertiary/aromatic N) is 5. The highest BCUT2D eigenvalue weighted by molar-refractivity contribution is 7.93. The number of aryl methyl sites for hydroxylation is 1. The summed E-state index contributed by atoms with van der Waals surface area (Å²) in [5, 5.41) is 7.95. The Balaban J connectivity index is 1.86. The molecule has 2 atom stereocenters. The van der Waals surface area contributed by atoms with E-state index in [0.717, 1.165) is 11.1 Å². The van der Waals surface area contributed by atoms with Crippen molar-refractivity contribution in [1.29, 1.82) is 0 Å². The van der Waals surface area contributed by atoms with Gasteiger partial charge in [0.25, 0.3) is 0 Å². The Morgan fingerprint density at radius 2 is 1.49 bits per heavy atom. The average molecular weight is 551 g/mol. The summed E-state index contributed by atoms with van der Waals surface area (Å²) < 4.78 is 43.1. The van der Waals surface area contributed by atoms with E-state index >= 15 is 0 Å². The Morgan fingerprint density at radius 3 is 2.05 bits per heavy atom. The van der Waals surface area contributed by atoms with Crippen molar-refractivity contribution in [2.24, 2.45) is 0 Å². The summed E-state index contributed by atoms with van der Waals surface area (Å²) in [5.74, 6) is 1.40. The minimum absolute atomic E-state index is 0.0145. The van der Waals surface area contributed by atoms with Crippen molar-refractivity contribution in [3.63, 3.8) is 0 Å². The zero-order valence-corrected chi connectivity index (χ0v) is 24.0. The summed E-state index contributed by atoms with van der Waals surface area (Å²) in [6.45, 7) is 9.29. The zero-order chi connectivity index (χ0) is 28.4. The standard InChI is InChI=1S/C28H34N6O4S/c1-18-16-29-25(30-17-18)19(2)20(3)39(35,36)33-27-32-31-26(28(4,5)21-12-9-8-10-13-21)34(27)24-22(37-6)14-11-15-23(24)38-7/h8-17,19-20H,1-7H3,(H,32,33). The molecule has 0 spiro atoms. The average Bonchev–Trinajstić information content (AvgIpc) is 3.35. The smallest absolute Gasteiger partial charge is 0.243 e. The van der Waals surface area contributed by atoms with Gasteiger partial charge < -0.3 is 9.47 Å². The number of aromatic nitrogens is 5. The second-order valence-corrected chi connectivity index (χ2v) is 12.0. The SMILES string of the molecule is COc1cccc(OC)c1-n1c(NS(=O)(=O)C(C)C(C)c2ncc(C)cn2)nnc1C(C)(C)c1ccccc1. The molecule has 0 aliphatic heterocycles. The summed E-state index contributed by atoms with van der Waals surface area (Å²) in [6, 6.07) is 15.2. The summed E-state index contributed by atoms with van der Waals surface area (Å²) in [7, 11) is -0.889. The Kier molecular flexibility index (Phi) is 7.91. The minimum atomic E-state index is -3.97. The fourth-order valence-corrected chi connectivity index (χ4v) is 5.57. The van der Waals surface area contributed by atoms with E-state index in [1.807, 2.05) is 51.1 Å². The summed E-state index contributed by atoms with van der Waals surface area (Å²) in [6.07, 6.45) is 3.35. The third-order valence-corrected chi connectivity index (χ3v) is 8.83. The summed E-state index contributed by atoms with van der Waals surface area (Å²) in [5.41, 5.74) is 1.68. The van der Waals surface area contributed by atoms with Crippen molar-refractivity contribution in [1.82, 2.24) is 24.7 Å². The first-order valence-electron chi connectivity index (χ1n) is 12.5. The molecule has 11 heteroatoms. The van der Waals surface area contributed by atoms with E-state index in [1.54, 1.807) is 63.2 Å². The molecule has 2 heterocycles. The molecular weight excluding hydrogens is 516 g/mol. The molecular formula is C28H34N6O4S. The Labute approximate surface area is 229 Å². The maximum Gasteiger partial charge on any atom is 0.243 e. The highest BCUT2D eigenvalue weighted by atomic mass is 32.2. The number of methoxy groups -OCH3 is 2. The van der Waals surface area contributed by atoms with Gasteiger partial charge in [0.15, 0.2) is 0 Å². The van der Waals surface area contributed by atoms with E-state index in [1.165, 1.54) is 0 Å². The number of anilines is 1. The monoisotopic (exact) mass is 550 g/mol. The third kappa shape index (κ3) is 5.44. The van der Waals surface area contributed by atoms with Gasteiger partial charge in [-0.15, -0.1) is 10.2 Å². The Morgan fingerprint density at radius 1 is 0.897 bits per heavy atom. The minimum Gasteiger partial charge on any atom is -0.494 e. The van der Waals surface area contributed by atoms with Crippen molar-refractivity contribution in [3.8, 4) is 17.2 Å². The molecule has 0 saturated carbocycles. The van der Waals surface area contributed by atoms with Crippen LogP contribution >= 0.6 is 0 Å². The highest BCUT2D eigenvalue weighted by Gasteiger charge is 2.36. The second-order valence-electron chi connectivity index (χ2n) is 9.94. The fraction of sp³-hybridized carbons (Fsp3) is 0.357. The zero-order valence-electron chi connectivity index (χ0n) is 23.2. The molecule has 0 radical (unpaired) electrons. The van der Waals surface area contributed by atoms with Gasteiger partial charge in [0, 0.05) is 18.3 Å². The van der Waals surface area contributed by atoms with Crippen LogP contribution in [0, 0.1) is 6.92 Å². The van der Waals surface area contributed by atoms with Crippen LogP contribution in [-0.2, 0) is 15.4 Å². The third-order valence-electron chi connectivity index (χ3n) is 6.98. The first-order chi connectivity index (χ1) is 18.5. The summed E-state index contributed by atoms with van der Waals surface area (Å²) >= 11 is 0. The molecule has 0 bridgehead atoms. The van der Waals surface area contributed by atoms with Crippen LogP contribution in [0.4, 0.5) is 5.95 Å². The Bertz CT molecular complexity index is 1510. The molecule has 10 nitrogen and oxygen atoms in total. The second kappa shape index (κ2) is 11.0. The van der Waals surface area contributed by atoms with Crippen LogP contribution in [0.15, 0.2) is 60.9 Å². The van der Waals surface area contributed by atoms with Gasteiger partial charge in [-0.05, 0) is 51.0 Å². The predicted octanol–water partition coefficient (Wildman–Crippen LogP) is 4.64. The van der Waals surface area contributed by atoms with Gasteiger partial charge in [0.1, 0.15) is 28.8 Å². The lowest BCUT2D eigenvalue weighted by atomic mass is 9.83. The van der Waals surface area contributed by atoms with Crippen LogP contribution in [0.5, 0.6) is 11.5 Å². The molecule has 0 saturated heterocycles. The van der Waals surface area contributed by atoms with Gasteiger partial charge in [-0.3, -0.25) is 9.29 Å². The van der Waals surface area contributed by atoms with E-state index in [-0.39, 0.29) is 5.95 Å². The molecule has 2 aromatic carbocycles. The van der Waals surface area contributed by atoms with Crippen molar-refractivity contribution in [2.75, 3.05) is 18.9 Å². The summed E-state index contributed by atoms with van der Waals surface area (Å²) in [4.78, 5) is 8.66. The number of sulfonamides is 1. The number of para-hydroxylation sites is 1. The number of benzene rings is 2. The van der Waals surface area contributed by atoms with Crippen molar-refractivity contribution in [3.05, 3.63) is 83.7 Å². The van der Waals surface area contributed by atoms with Crippen molar-refractivity contribution >= 4 is 16.0 Å². The topological polar surface area (TPSA) is 121 Å². The van der Waals surface area contributed by atoms with E-state index in [9.17, 15) is 8.42 Å². The number of rotatable bonds is 10. The molecule has 4 rings (SSSR count). The molecule has 0 aliphatic carbocycles. The maximum absolute atomic E-state index is 13.7. The first kappa shape index (κ1) is 28.0. The van der Waals surface area contributed by atoms with Gasteiger partial charge in [0.05, 0.1) is 24.9 Å². The molecule has 1 N–H and O–H groups in total. The molecule has 2 unspecified atom stereocenters. The lowest BCUT2D eigenvalue weighted by Gasteiger charge is -2.27.